The third kappa shape index (κ3) is 5.17. The van der Waals surface area contributed by atoms with Crippen molar-refractivity contribution in [3.8, 4) is 11.5 Å². The molecule has 1 aromatic heterocycles. The zero-order valence-corrected chi connectivity index (χ0v) is 12.5. The average Bonchev–Trinajstić information content (AvgIpc) is 2.95. The third-order valence-electron chi connectivity index (χ3n) is 2.91. The van der Waals surface area contributed by atoms with Gasteiger partial charge in [0.2, 0.25) is 0 Å². The van der Waals surface area contributed by atoms with E-state index in [1.165, 1.54) is 6.20 Å². The molecule has 1 unspecified atom stereocenters. The first-order chi connectivity index (χ1) is 10.9. The van der Waals surface area contributed by atoms with E-state index in [0.29, 0.717) is 18.1 Å². The summed E-state index contributed by atoms with van der Waals surface area (Å²) in [7, 11) is 0. The molecule has 0 amide bonds. The van der Waals surface area contributed by atoms with E-state index < -0.39 is 18.0 Å². The van der Waals surface area contributed by atoms with Crippen LogP contribution in [0.5, 0.6) is 11.5 Å². The highest BCUT2D eigenvalue weighted by Crippen LogP contribution is 2.27. The van der Waals surface area contributed by atoms with Crippen LogP contribution in [0, 0.1) is 0 Å². The molecule has 1 N–H and O–H groups in total. The highest BCUT2D eigenvalue weighted by atomic mass is 19.4. The van der Waals surface area contributed by atoms with E-state index in [-0.39, 0.29) is 13.2 Å². The maximum absolute atomic E-state index is 12.4. The normalized spacial score (nSPS) is 12.9. The largest absolute Gasteiger partial charge is 0.494 e. The molecule has 0 aliphatic carbocycles. The number of ether oxygens (including phenoxy) is 2. The summed E-state index contributed by atoms with van der Waals surface area (Å²) in [4.78, 5) is 0. The molecular weight excluding hydrogens is 313 g/mol. The Hall–Kier alpha value is -2.22. The van der Waals surface area contributed by atoms with Crippen molar-refractivity contribution in [3.05, 3.63) is 42.2 Å². The van der Waals surface area contributed by atoms with Gasteiger partial charge in [-0.1, -0.05) is 0 Å². The molecule has 23 heavy (non-hydrogen) atoms. The predicted molar refractivity (Wildman–Crippen MR) is 76.3 cm³/mol. The van der Waals surface area contributed by atoms with E-state index in [2.05, 4.69) is 5.10 Å². The molecule has 0 spiro atoms. The fourth-order valence-corrected chi connectivity index (χ4v) is 1.87. The molecule has 0 fully saturated rings. The Kier molecular flexibility index (Phi) is 5.49. The summed E-state index contributed by atoms with van der Waals surface area (Å²) in [6, 6.07) is 7.70. The van der Waals surface area contributed by atoms with Gasteiger partial charge in [-0.05, 0) is 37.3 Å². The van der Waals surface area contributed by atoms with Crippen LogP contribution in [-0.2, 0) is 12.7 Å². The molecule has 0 saturated carbocycles. The summed E-state index contributed by atoms with van der Waals surface area (Å²) in [5, 5.41) is 13.2. The molecule has 1 aromatic carbocycles. The number of aliphatic hydroxyl groups excluding tert-OH is 1. The molecule has 0 aliphatic heterocycles. The lowest BCUT2D eigenvalue weighted by molar-refractivity contribution is -0.141. The summed E-state index contributed by atoms with van der Waals surface area (Å²) in [6.45, 7) is 2.28. The number of hydrogen-bond acceptors (Lipinski definition) is 4. The summed E-state index contributed by atoms with van der Waals surface area (Å²) >= 11 is 0. The molecule has 0 saturated heterocycles. The molecule has 0 bridgehead atoms. The number of benzene rings is 1. The van der Waals surface area contributed by atoms with Crippen molar-refractivity contribution >= 4 is 0 Å². The van der Waals surface area contributed by atoms with Gasteiger partial charge in [-0.3, -0.25) is 4.68 Å². The van der Waals surface area contributed by atoms with E-state index in [4.69, 9.17) is 9.47 Å². The Bertz CT molecular complexity index is 611. The first-order valence-electron chi connectivity index (χ1n) is 7.03. The van der Waals surface area contributed by atoms with E-state index in [9.17, 15) is 18.3 Å². The maximum atomic E-state index is 12.4. The van der Waals surface area contributed by atoms with E-state index in [1.807, 2.05) is 6.92 Å². The van der Waals surface area contributed by atoms with Crippen molar-refractivity contribution in [2.45, 2.75) is 25.7 Å². The number of hydrogen-bond donors (Lipinski definition) is 1. The predicted octanol–water partition coefficient (Wildman–Crippen LogP) is 2.74. The molecule has 0 radical (unpaired) electrons. The molecular formula is C15H17F3N2O3. The average molecular weight is 330 g/mol. The Balaban J connectivity index is 1.82. The van der Waals surface area contributed by atoms with Gasteiger partial charge < -0.3 is 14.6 Å². The zero-order chi connectivity index (χ0) is 16.9. The fraction of sp³-hybridized carbons (Fsp3) is 0.400. The zero-order valence-electron chi connectivity index (χ0n) is 12.5. The molecule has 2 rings (SSSR count). The molecule has 0 aliphatic rings. The summed E-state index contributed by atoms with van der Waals surface area (Å²) < 4.78 is 49.0. The van der Waals surface area contributed by atoms with E-state index >= 15 is 0 Å². The summed E-state index contributed by atoms with van der Waals surface area (Å²) in [5.41, 5.74) is -0.989. The van der Waals surface area contributed by atoms with Crippen molar-refractivity contribution in [2.24, 2.45) is 0 Å². The van der Waals surface area contributed by atoms with Gasteiger partial charge >= 0.3 is 6.18 Å². The highest BCUT2D eigenvalue weighted by molar-refractivity contribution is 5.31. The Labute approximate surface area is 131 Å². The molecule has 126 valence electrons. The summed E-state index contributed by atoms with van der Waals surface area (Å²) in [6.07, 6.45) is -4.31. The first kappa shape index (κ1) is 17.1. The number of aliphatic hydroxyl groups is 1. The molecule has 1 heterocycles. The quantitative estimate of drug-likeness (QED) is 0.848. The topological polar surface area (TPSA) is 56.5 Å². The van der Waals surface area contributed by atoms with Crippen LogP contribution in [0.2, 0.25) is 0 Å². The van der Waals surface area contributed by atoms with Gasteiger partial charge in [-0.15, -0.1) is 0 Å². The SMILES string of the molecule is CCOc1ccc(OCC(O)Cn2ccc(C(F)(F)F)n2)cc1. The minimum Gasteiger partial charge on any atom is -0.494 e. The third-order valence-corrected chi connectivity index (χ3v) is 2.91. The van der Waals surface area contributed by atoms with Gasteiger partial charge in [-0.2, -0.15) is 18.3 Å². The Morgan fingerprint density at radius 3 is 2.26 bits per heavy atom. The standard InChI is InChI=1S/C15H17F3N2O3/c1-2-22-12-3-5-13(6-4-12)23-10-11(21)9-20-8-7-14(19-20)15(16,17)18/h3-8,11,21H,2,9-10H2,1H3. The lowest BCUT2D eigenvalue weighted by Gasteiger charge is -2.13. The minimum absolute atomic E-state index is 0.0603. The molecule has 8 heteroatoms. The van der Waals surface area contributed by atoms with Crippen molar-refractivity contribution in [3.63, 3.8) is 0 Å². The highest BCUT2D eigenvalue weighted by Gasteiger charge is 2.33. The van der Waals surface area contributed by atoms with Crippen molar-refractivity contribution in [1.29, 1.82) is 0 Å². The van der Waals surface area contributed by atoms with Crippen LogP contribution in [0.4, 0.5) is 13.2 Å². The van der Waals surface area contributed by atoms with Crippen molar-refractivity contribution in [1.82, 2.24) is 9.78 Å². The van der Waals surface area contributed by atoms with Crippen molar-refractivity contribution in [2.75, 3.05) is 13.2 Å². The van der Waals surface area contributed by atoms with Crippen LogP contribution in [-0.4, -0.2) is 34.2 Å². The second-order valence-corrected chi connectivity index (χ2v) is 4.79. The van der Waals surface area contributed by atoms with Gasteiger partial charge in [0.25, 0.3) is 0 Å². The van der Waals surface area contributed by atoms with Crippen molar-refractivity contribution < 1.29 is 27.8 Å². The minimum atomic E-state index is -4.49. The smallest absolute Gasteiger partial charge is 0.435 e. The second kappa shape index (κ2) is 7.36. The van der Waals surface area contributed by atoms with Crippen LogP contribution >= 0.6 is 0 Å². The number of halogens is 3. The van der Waals surface area contributed by atoms with Crippen LogP contribution in [0.15, 0.2) is 36.5 Å². The van der Waals surface area contributed by atoms with Gasteiger partial charge in [-0.25, -0.2) is 0 Å². The van der Waals surface area contributed by atoms with Gasteiger partial charge in [0.05, 0.1) is 13.2 Å². The lowest BCUT2D eigenvalue weighted by atomic mass is 10.3. The van der Waals surface area contributed by atoms with Crippen LogP contribution in [0.25, 0.3) is 0 Å². The monoisotopic (exact) mass is 330 g/mol. The fourth-order valence-electron chi connectivity index (χ4n) is 1.87. The second-order valence-electron chi connectivity index (χ2n) is 4.79. The number of alkyl halides is 3. The number of rotatable bonds is 7. The van der Waals surface area contributed by atoms with E-state index in [1.54, 1.807) is 24.3 Å². The van der Waals surface area contributed by atoms with Gasteiger partial charge in [0.15, 0.2) is 5.69 Å². The van der Waals surface area contributed by atoms with Crippen LogP contribution in [0.3, 0.4) is 0 Å². The molecule has 5 nitrogen and oxygen atoms in total. The van der Waals surface area contributed by atoms with Gasteiger partial charge in [0, 0.05) is 6.20 Å². The molecule has 2 aromatic rings. The number of aromatic nitrogens is 2. The number of nitrogens with zero attached hydrogens (tertiary/aromatic N) is 2. The Morgan fingerprint density at radius 2 is 1.74 bits per heavy atom. The Morgan fingerprint density at radius 1 is 1.13 bits per heavy atom. The molecule has 1 atom stereocenters. The van der Waals surface area contributed by atoms with Crippen LogP contribution < -0.4 is 9.47 Å². The first-order valence-corrected chi connectivity index (χ1v) is 7.03. The maximum Gasteiger partial charge on any atom is 0.435 e. The van der Waals surface area contributed by atoms with Gasteiger partial charge in [0.1, 0.15) is 24.2 Å². The van der Waals surface area contributed by atoms with E-state index in [0.717, 1.165) is 10.7 Å². The van der Waals surface area contributed by atoms with Crippen LogP contribution in [0.1, 0.15) is 12.6 Å². The lowest BCUT2D eigenvalue weighted by Crippen LogP contribution is -2.24. The summed E-state index contributed by atoms with van der Waals surface area (Å²) in [5.74, 6) is 1.24.